The lowest BCUT2D eigenvalue weighted by Gasteiger charge is -2.11. The Kier molecular flexibility index (Phi) is 5.30. The van der Waals surface area contributed by atoms with Crippen molar-refractivity contribution in [2.45, 2.75) is 20.0 Å². The summed E-state index contributed by atoms with van der Waals surface area (Å²) in [7, 11) is 1.65. The maximum Gasteiger partial charge on any atom is 0.124 e. The van der Waals surface area contributed by atoms with Crippen molar-refractivity contribution >= 4 is 23.2 Å². The van der Waals surface area contributed by atoms with Crippen LogP contribution in [0.1, 0.15) is 16.7 Å². The first-order valence-corrected chi connectivity index (χ1v) is 7.14. The Labute approximate surface area is 129 Å². The fraction of sp³-hybridized carbons (Fsp3) is 0.250. The molecule has 0 heterocycles. The van der Waals surface area contributed by atoms with E-state index < -0.39 is 0 Å². The number of nitrogens with one attached hydrogen (secondary N) is 1. The van der Waals surface area contributed by atoms with Gasteiger partial charge in [0.1, 0.15) is 5.75 Å². The number of aryl methyl sites for hydroxylation is 1. The molecule has 0 bridgehead atoms. The predicted molar refractivity (Wildman–Crippen MR) is 84.7 cm³/mol. The highest BCUT2D eigenvalue weighted by Crippen LogP contribution is 2.26. The van der Waals surface area contributed by atoms with Crippen molar-refractivity contribution in [1.29, 1.82) is 0 Å². The van der Waals surface area contributed by atoms with Crippen LogP contribution in [0.25, 0.3) is 0 Å². The highest BCUT2D eigenvalue weighted by Gasteiger charge is 2.07. The Morgan fingerprint density at radius 3 is 2.55 bits per heavy atom. The zero-order valence-electron chi connectivity index (χ0n) is 11.5. The second kappa shape index (κ2) is 6.98. The number of rotatable bonds is 5. The SMILES string of the molecule is COc1cccc(Cl)c1CNCc1ccc(C)c(Cl)c1. The largest absolute Gasteiger partial charge is 0.496 e. The Balaban J connectivity index is 2.01. The van der Waals surface area contributed by atoms with Gasteiger partial charge in [0, 0.05) is 28.7 Å². The van der Waals surface area contributed by atoms with Crippen molar-refractivity contribution in [1.82, 2.24) is 5.32 Å². The molecule has 106 valence electrons. The van der Waals surface area contributed by atoms with Gasteiger partial charge in [-0.15, -0.1) is 0 Å². The smallest absolute Gasteiger partial charge is 0.124 e. The van der Waals surface area contributed by atoms with E-state index in [1.165, 1.54) is 0 Å². The molecule has 4 heteroatoms. The van der Waals surface area contributed by atoms with Crippen LogP contribution in [0.3, 0.4) is 0 Å². The average Bonchev–Trinajstić information content (AvgIpc) is 2.44. The van der Waals surface area contributed by atoms with Gasteiger partial charge >= 0.3 is 0 Å². The van der Waals surface area contributed by atoms with Crippen molar-refractivity contribution in [2.75, 3.05) is 7.11 Å². The Morgan fingerprint density at radius 1 is 1.05 bits per heavy atom. The lowest BCUT2D eigenvalue weighted by Crippen LogP contribution is -2.13. The molecule has 20 heavy (non-hydrogen) atoms. The van der Waals surface area contributed by atoms with Gasteiger partial charge in [0.25, 0.3) is 0 Å². The summed E-state index contributed by atoms with van der Waals surface area (Å²) in [5.74, 6) is 0.798. The molecular formula is C16H17Cl2NO. The first-order valence-electron chi connectivity index (χ1n) is 6.39. The minimum Gasteiger partial charge on any atom is -0.496 e. The average molecular weight is 310 g/mol. The van der Waals surface area contributed by atoms with Crippen LogP contribution in [-0.4, -0.2) is 7.11 Å². The molecule has 0 aliphatic carbocycles. The van der Waals surface area contributed by atoms with E-state index in [4.69, 9.17) is 27.9 Å². The van der Waals surface area contributed by atoms with Crippen LogP contribution >= 0.6 is 23.2 Å². The molecule has 0 saturated carbocycles. The number of hydrogen-bond acceptors (Lipinski definition) is 2. The fourth-order valence-corrected chi connectivity index (χ4v) is 2.42. The second-order valence-electron chi connectivity index (χ2n) is 4.61. The van der Waals surface area contributed by atoms with Crippen molar-refractivity contribution in [3.63, 3.8) is 0 Å². The summed E-state index contributed by atoms with van der Waals surface area (Å²) in [6, 6.07) is 11.7. The molecule has 0 amide bonds. The van der Waals surface area contributed by atoms with Gasteiger partial charge in [-0.2, -0.15) is 0 Å². The molecule has 2 nitrogen and oxygen atoms in total. The monoisotopic (exact) mass is 309 g/mol. The van der Waals surface area contributed by atoms with Crippen LogP contribution in [0.2, 0.25) is 10.0 Å². The quantitative estimate of drug-likeness (QED) is 0.871. The van der Waals surface area contributed by atoms with Crippen molar-refractivity contribution in [3.8, 4) is 5.75 Å². The number of ether oxygens (including phenoxy) is 1. The zero-order chi connectivity index (χ0) is 14.5. The van der Waals surface area contributed by atoms with Gasteiger partial charge in [-0.05, 0) is 36.2 Å². The predicted octanol–water partition coefficient (Wildman–Crippen LogP) is 4.60. The number of benzene rings is 2. The molecule has 0 spiro atoms. The van der Waals surface area contributed by atoms with E-state index in [1.54, 1.807) is 7.11 Å². The molecule has 0 fully saturated rings. The minimum atomic E-state index is 0.647. The topological polar surface area (TPSA) is 21.3 Å². The van der Waals surface area contributed by atoms with Gasteiger partial charge < -0.3 is 10.1 Å². The molecule has 0 aliphatic heterocycles. The normalized spacial score (nSPS) is 10.6. The molecule has 0 aromatic heterocycles. The first kappa shape index (κ1) is 15.2. The van der Waals surface area contributed by atoms with Crippen molar-refractivity contribution < 1.29 is 4.74 Å². The van der Waals surface area contributed by atoms with Gasteiger partial charge in [-0.1, -0.05) is 41.4 Å². The second-order valence-corrected chi connectivity index (χ2v) is 5.42. The first-order chi connectivity index (χ1) is 9.61. The number of methoxy groups -OCH3 is 1. The summed E-state index contributed by atoms with van der Waals surface area (Å²) in [6.45, 7) is 3.37. The lowest BCUT2D eigenvalue weighted by molar-refractivity contribution is 0.407. The molecule has 1 N–H and O–H groups in total. The minimum absolute atomic E-state index is 0.647. The molecule has 2 aromatic rings. The van der Waals surface area contributed by atoms with E-state index in [2.05, 4.69) is 11.4 Å². The van der Waals surface area contributed by atoms with Crippen molar-refractivity contribution in [2.24, 2.45) is 0 Å². The number of halogens is 2. The zero-order valence-corrected chi connectivity index (χ0v) is 13.1. The van der Waals surface area contributed by atoms with Gasteiger partial charge in [0.05, 0.1) is 7.11 Å². The number of hydrogen-bond donors (Lipinski definition) is 1. The highest BCUT2D eigenvalue weighted by molar-refractivity contribution is 6.31. The van der Waals surface area contributed by atoms with Gasteiger partial charge in [-0.3, -0.25) is 0 Å². The van der Waals surface area contributed by atoms with E-state index in [0.717, 1.165) is 34.0 Å². The Morgan fingerprint density at radius 2 is 1.85 bits per heavy atom. The fourth-order valence-electron chi connectivity index (χ4n) is 1.98. The highest BCUT2D eigenvalue weighted by atomic mass is 35.5. The molecule has 0 aliphatic rings. The third-order valence-corrected chi connectivity index (χ3v) is 3.92. The summed E-state index contributed by atoms with van der Waals surface area (Å²) in [5, 5.41) is 4.86. The van der Waals surface area contributed by atoms with Crippen LogP contribution in [0, 0.1) is 6.92 Å². The van der Waals surface area contributed by atoms with Gasteiger partial charge in [0.15, 0.2) is 0 Å². The van der Waals surface area contributed by atoms with Crippen LogP contribution in [0.4, 0.5) is 0 Å². The van der Waals surface area contributed by atoms with E-state index >= 15 is 0 Å². The summed E-state index contributed by atoms with van der Waals surface area (Å²) in [4.78, 5) is 0. The van der Waals surface area contributed by atoms with Crippen molar-refractivity contribution in [3.05, 3.63) is 63.1 Å². The third-order valence-electron chi connectivity index (χ3n) is 3.16. The van der Waals surface area contributed by atoms with E-state index in [9.17, 15) is 0 Å². The van der Waals surface area contributed by atoms with E-state index in [-0.39, 0.29) is 0 Å². The van der Waals surface area contributed by atoms with Crippen LogP contribution in [-0.2, 0) is 13.1 Å². The molecule has 2 rings (SSSR count). The van der Waals surface area contributed by atoms with Crippen LogP contribution in [0.15, 0.2) is 36.4 Å². The lowest BCUT2D eigenvalue weighted by atomic mass is 10.1. The summed E-state index contributed by atoms with van der Waals surface area (Å²) >= 11 is 12.3. The maximum atomic E-state index is 6.19. The molecule has 2 aromatic carbocycles. The summed E-state index contributed by atoms with van der Waals surface area (Å²) in [6.07, 6.45) is 0. The van der Waals surface area contributed by atoms with Crippen LogP contribution < -0.4 is 10.1 Å². The standard InChI is InChI=1S/C16H17Cl2NO/c1-11-6-7-12(8-15(11)18)9-19-10-13-14(17)4-3-5-16(13)20-2/h3-8,19H,9-10H2,1-2H3. The van der Waals surface area contributed by atoms with E-state index in [1.807, 2.05) is 37.3 Å². The summed E-state index contributed by atoms with van der Waals surface area (Å²) in [5.41, 5.74) is 3.20. The summed E-state index contributed by atoms with van der Waals surface area (Å²) < 4.78 is 5.32. The van der Waals surface area contributed by atoms with E-state index in [0.29, 0.717) is 11.6 Å². The molecule has 0 saturated heterocycles. The Hall–Kier alpha value is -1.22. The van der Waals surface area contributed by atoms with Gasteiger partial charge in [-0.25, -0.2) is 0 Å². The maximum absolute atomic E-state index is 6.19. The van der Waals surface area contributed by atoms with Crippen LogP contribution in [0.5, 0.6) is 5.75 Å². The third kappa shape index (κ3) is 3.66. The molecule has 0 atom stereocenters. The Bertz CT molecular complexity index is 599. The molecule has 0 radical (unpaired) electrons. The molecular weight excluding hydrogens is 293 g/mol. The van der Waals surface area contributed by atoms with Gasteiger partial charge in [0.2, 0.25) is 0 Å². The molecule has 0 unspecified atom stereocenters.